The van der Waals surface area contributed by atoms with Crippen molar-refractivity contribution in [1.29, 1.82) is 0 Å². The number of nitrogens with one attached hydrogen (secondary N) is 1. The zero-order valence-corrected chi connectivity index (χ0v) is 9.87. The first-order valence-electron chi connectivity index (χ1n) is 5.24. The third-order valence-corrected chi connectivity index (χ3v) is 2.24. The summed E-state index contributed by atoms with van der Waals surface area (Å²) in [5.41, 5.74) is 5.66. The summed E-state index contributed by atoms with van der Waals surface area (Å²) in [6.45, 7) is 6.50. The molecule has 0 fully saturated rings. The van der Waals surface area contributed by atoms with Gasteiger partial charge in [-0.05, 0) is 37.5 Å². The van der Waals surface area contributed by atoms with Gasteiger partial charge in [-0.2, -0.15) is 5.48 Å². The molecular weight excluding hydrogens is 206 g/mol. The van der Waals surface area contributed by atoms with Gasteiger partial charge >= 0.3 is 6.09 Å². The Morgan fingerprint density at radius 1 is 1.31 bits per heavy atom. The molecular formula is C12H17NO3. The maximum atomic E-state index is 10.9. The van der Waals surface area contributed by atoms with Gasteiger partial charge in [0.05, 0.1) is 13.2 Å². The van der Waals surface area contributed by atoms with E-state index < -0.39 is 6.09 Å². The van der Waals surface area contributed by atoms with Crippen LogP contribution in [0.4, 0.5) is 4.79 Å². The number of hydrogen-bond donors (Lipinski definition) is 1. The zero-order valence-electron chi connectivity index (χ0n) is 9.87. The summed E-state index contributed by atoms with van der Waals surface area (Å²) in [6.07, 6.45) is -0.564. The molecule has 16 heavy (non-hydrogen) atoms. The van der Waals surface area contributed by atoms with Crippen LogP contribution in [-0.4, -0.2) is 12.7 Å². The van der Waals surface area contributed by atoms with Gasteiger partial charge in [0.2, 0.25) is 0 Å². The Hall–Kier alpha value is -1.55. The number of carbonyl (C=O) groups is 1. The first-order valence-corrected chi connectivity index (χ1v) is 5.24. The van der Waals surface area contributed by atoms with Crippen LogP contribution in [0.2, 0.25) is 0 Å². The van der Waals surface area contributed by atoms with Crippen molar-refractivity contribution in [1.82, 2.24) is 5.48 Å². The average molecular weight is 223 g/mol. The fourth-order valence-corrected chi connectivity index (χ4v) is 1.23. The van der Waals surface area contributed by atoms with Crippen molar-refractivity contribution >= 4 is 6.09 Å². The third-order valence-electron chi connectivity index (χ3n) is 2.24. The average Bonchev–Trinajstić information content (AvgIpc) is 2.24. The van der Waals surface area contributed by atoms with Gasteiger partial charge in [0.1, 0.15) is 0 Å². The van der Waals surface area contributed by atoms with E-state index in [0.29, 0.717) is 13.2 Å². The van der Waals surface area contributed by atoms with E-state index in [-0.39, 0.29) is 0 Å². The Kier molecular flexibility index (Phi) is 4.79. The summed E-state index contributed by atoms with van der Waals surface area (Å²) in [7, 11) is 0. The van der Waals surface area contributed by atoms with Crippen molar-refractivity contribution in [2.24, 2.45) is 0 Å². The second-order valence-corrected chi connectivity index (χ2v) is 3.53. The minimum atomic E-state index is -0.564. The summed E-state index contributed by atoms with van der Waals surface area (Å²) in [6, 6.07) is 6.02. The summed E-state index contributed by atoms with van der Waals surface area (Å²) in [5.74, 6) is 0. The molecule has 0 bridgehead atoms. The van der Waals surface area contributed by atoms with Crippen LogP contribution in [0.25, 0.3) is 0 Å². The molecule has 0 aliphatic heterocycles. The van der Waals surface area contributed by atoms with Crippen molar-refractivity contribution in [3.05, 3.63) is 34.9 Å². The van der Waals surface area contributed by atoms with Crippen molar-refractivity contribution in [2.45, 2.75) is 27.4 Å². The number of aryl methyl sites for hydroxylation is 2. The van der Waals surface area contributed by atoms with Crippen LogP contribution in [0, 0.1) is 13.8 Å². The summed E-state index contributed by atoms with van der Waals surface area (Å²) < 4.78 is 4.65. The lowest BCUT2D eigenvalue weighted by atomic mass is 10.1. The normalized spacial score (nSPS) is 9.94. The monoisotopic (exact) mass is 223 g/mol. The van der Waals surface area contributed by atoms with Gasteiger partial charge in [-0.3, -0.25) is 4.84 Å². The van der Waals surface area contributed by atoms with Crippen LogP contribution in [0.15, 0.2) is 18.2 Å². The number of benzene rings is 1. The number of hydrogen-bond acceptors (Lipinski definition) is 3. The molecule has 1 amide bonds. The van der Waals surface area contributed by atoms with Crippen LogP contribution in [0.3, 0.4) is 0 Å². The van der Waals surface area contributed by atoms with E-state index in [1.54, 1.807) is 6.92 Å². The van der Waals surface area contributed by atoms with Crippen molar-refractivity contribution in [3.63, 3.8) is 0 Å². The van der Waals surface area contributed by atoms with Gasteiger partial charge in [-0.1, -0.05) is 18.2 Å². The minimum Gasteiger partial charge on any atom is -0.448 e. The van der Waals surface area contributed by atoms with Crippen molar-refractivity contribution < 1.29 is 14.4 Å². The van der Waals surface area contributed by atoms with Gasteiger partial charge in [0, 0.05) is 0 Å². The molecule has 1 rings (SSSR count). The quantitative estimate of drug-likeness (QED) is 0.798. The first kappa shape index (κ1) is 12.5. The van der Waals surface area contributed by atoms with E-state index in [0.717, 1.165) is 5.56 Å². The van der Waals surface area contributed by atoms with Crippen LogP contribution >= 0.6 is 0 Å². The summed E-state index contributed by atoms with van der Waals surface area (Å²) in [4.78, 5) is 15.9. The Balaban J connectivity index is 2.37. The first-order chi connectivity index (χ1) is 7.63. The molecule has 88 valence electrons. The molecule has 0 unspecified atom stereocenters. The summed E-state index contributed by atoms with van der Waals surface area (Å²) >= 11 is 0. The molecule has 0 aliphatic carbocycles. The lowest BCUT2D eigenvalue weighted by Gasteiger charge is -2.07. The highest BCUT2D eigenvalue weighted by Crippen LogP contribution is 2.10. The maximum absolute atomic E-state index is 10.9. The van der Waals surface area contributed by atoms with Crippen molar-refractivity contribution in [3.8, 4) is 0 Å². The van der Waals surface area contributed by atoms with Crippen LogP contribution in [0.1, 0.15) is 23.6 Å². The molecule has 1 aromatic rings. The topological polar surface area (TPSA) is 47.6 Å². The van der Waals surface area contributed by atoms with E-state index >= 15 is 0 Å². The lowest BCUT2D eigenvalue weighted by molar-refractivity contribution is 0.0199. The van der Waals surface area contributed by atoms with E-state index in [1.807, 2.05) is 25.1 Å². The highest BCUT2D eigenvalue weighted by Gasteiger charge is 2.00. The maximum Gasteiger partial charge on any atom is 0.431 e. The van der Waals surface area contributed by atoms with Crippen molar-refractivity contribution in [2.75, 3.05) is 6.61 Å². The molecule has 0 heterocycles. The minimum absolute atomic E-state index is 0.332. The molecule has 4 heteroatoms. The highest BCUT2D eigenvalue weighted by molar-refractivity contribution is 5.65. The van der Waals surface area contributed by atoms with Crippen LogP contribution in [-0.2, 0) is 16.2 Å². The van der Waals surface area contributed by atoms with E-state index in [1.165, 1.54) is 11.1 Å². The molecule has 1 aromatic carbocycles. The molecule has 0 aliphatic rings. The number of hydroxylamine groups is 1. The zero-order chi connectivity index (χ0) is 12.0. The third kappa shape index (κ3) is 3.90. The molecule has 0 saturated heterocycles. The Labute approximate surface area is 95.5 Å². The van der Waals surface area contributed by atoms with Gasteiger partial charge in [0.25, 0.3) is 0 Å². The predicted molar refractivity (Wildman–Crippen MR) is 60.9 cm³/mol. The standard InChI is InChI=1S/C12H17NO3/c1-4-15-12(14)13-16-8-11-6-5-9(2)10(3)7-11/h5-7H,4,8H2,1-3H3,(H,13,14). The van der Waals surface area contributed by atoms with E-state index in [9.17, 15) is 4.79 Å². The Morgan fingerprint density at radius 3 is 2.69 bits per heavy atom. The highest BCUT2D eigenvalue weighted by atomic mass is 16.7. The molecule has 0 aromatic heterocycles. The SMILES string of the molecule is CCOC(=O)NOCc1ccc(C)c(C)c1. The number of amides is 1. The van der Waals surface area contributed by atoms with Crippen LogP contribution in [0.5, 0.6) is 0 Å². The van der Waals surface area contributed by atoms with Crippen LogP contribution < -0.4 is 5.48 Å². The van der Waals surface area contributed by atoms with Gasteiger partial charge < -0.3 is 4.74 Å². The van der Waals surface area contributed by atoms with Gasteiger partial charge in [-0.15, -0.1) is 0 Å². The fraction of sp³-hybridized carbons (Fsp3) is 0.417. The largest absolute Gasteiger partial charge is 0.448 e. The molecule has 4 nitrogen and oxygen atoms in total. The van der Waals surface area contributed by atoms with Gasteiger partial charge in [-0.25, -0.2) is 4.79 Å². The summed E-state index contributed by atoms with van der Waals surface area (Å²) in [5, 5.41) is 0. The molecule has 0 atom stereocenters. The Morgan fingerprint density at radius 2 is 2.06 bits per heavy atom. The number of ether oxygens (including phenoxy) is 1. The second-order valence-electron chi connectivity index (χ2n) is 3.53. The molecule has 0 saturated carbocycles. The predicted octanol–water partition coefficient (Wildman–Crippen LogP) is 2.48. The number of rotatable bonds is 4. The molecule has 0 radical (unpaired) electrons. The van der Waals surface area contributed by atoms with E-state index in [4.69, 9.17) is 4.84 Å². The second kappa shape index (κ2) is 6.12. The Bertz CT molecular complexity index is 363. The smallest absolute Gasteiger partial charge is 0.431 e. The number of carbonyl (C=O) groups excluding carboxylic acids is 1. The van der Waals surface area contributed by atoms with Gasteiger partial charge in [0.15, 0.2) is 0 Å². The molecule has 0 spiro atoms. The molecule has 1 N–H and O–H groups in total. The lowest BCUT2D eigenvalue weighted by Crippen LogP contribution is -2.24. The fourth-order valence-electron chi connectivity index (χ4n) is 1.23. The van der Waals surface area contributed by atoms with E-state index in [2.05, 4.69) is 17.1 Å².